The number of benzene rings is 1. The van der Waals surface area contributed by atoms with E-state index in [1.54, 1.807) is 12.1 Å². The molecule has 2 amide bonds. The Morgan fingerprint density at radius 3 is 2.77 bits per heavy atom. The summed E-state index contributed by atoms with van der Waals surface area (Å²) in [6.07, 6.45) is 5.79. The number of rotatable bonds is 5. The summed E-state index contributed by atoms with van der Waals surface area (Å²) < 4.78 is 0. The SMILES string of the molecule is C#CC(C)(c1ccc(Cl)cc1)c1csc(NC(=O)NCC2(O)CNC2)n1. The average molecular weight is 391 g/mol. The molecule has 2 aromatic rings. The highest BCUT2D eigenvalue weighted by atomic mass is 35.5. The Balaban J connectivity index is 1.68. The molecule has 0 spiro atoms. The molecule has 4 N–H and O–H groups in total. The summed E-state index contributed by atoms with van der Waals surface area (Å²) in [5.41, 5.74) is -0.0402. The van der Waals surface area contributed by atoms with Gasteiger partial charge in [0.15, 0.2) is 5.13 Å². The fourth-order valence-corrected chi connectivity index (χ4v) is 3.51. The number of nitrogens with one attached hydrogen (secondary N) is 3. The quantitative estimate of drug-likeness (QED) is 0.589. The first-order valence-corrected chi connectivity index (χ1v) is 9.28. The van der Waals surface area contributed by atoms with Crippen molar-refractivity contribution >= 4 is 34.1 Å². The van der Waals surface area contributed by atoms with E-state index in [1.807, 2.05) is 24.4 Å². The largest absolute Gasteiger partial charge is 0.385 e. The van der Waals surface area contributed by atoms with Crippen LogP contribution in [0.15, 0.2) is 29.6 Å². The molecule has 1 aliphatic heterocycles. The summed E-state index contributed by atoms with van der Waals surface area (Å²) in [6, 6.07) is 6.89. The van der Waals surface area contributed by atoms with Gasteiger partial charge in [0.05, 0.1) is 17.7 Å². The number of urea groups is 1. The van der Waals surface area contributed by atoms with Crippen LogP contribution >= 0.6 is 22.9 Å². The van der Waals surface area contributed by atoms with E-state index in [4.69, 9.17) is 18.0 Å². The molecule has 1 unspecified atom stereocenters. The van der Waals surface area contributed by atoms with Crippen molar-refractivity contribution in [3.63, 3.8) is 0 Å². The van der Waals surface area contributed by atoms with Crippen LogP contribution in [0.25, 0.3) is 0 Å². The number of thiazole rings is 1. The zero-order valence-corrected chi connectivity index (χ0v) is 15.7. The van der Waals surface area contributed by atoms with Gasteiger partial charge in [-0.05, 0) is 24.6 Å². The number of hydrogen-bond donors (Lipinski definition) is 4. The minimum atomic E-state index is -0.873. The van der Waals surface area contributed by atoms with Gasteiger partial charge in [-0.2, -0.15) is 0 Å². The molecule has 1 aliphatic rings. The number of carbonyl (C=O) groups is 1. The van der Waals surface area contributed by atoms with Crippen molar-refractivity contribution in [1.82, 2.24) is 15.6 Å². The Labute approximate surface area is 161 Å². The zero-order chi connectivity index (χ0) is 18.8. The first kappa shape index (κ1) is 18.7. The van der Waals surface area contributed by atoms with Crippen LogP contribution < -0.4 is 16.0 Å². The molecule has 1 saturated heterocycles. The highest BCUT2D eigenvalue weighted by molar-refractivity contribution is 7.14. The molecule has 1 fully saturated rings. The van der Waals surface area contributed by atoms with Crippen molar-refractivity contribution in [3.8, 4) is 12.3 Å². The number of amides is 2. The molecule has 0 bridgehead atoms. The van der Waals surface area contributed by atoms with Crippen LogP contribution in [0.5, 0.6) is 0 Å². The molecule has 1 aromatic carbocycles. The van der Waals surface area contributed by atoms with Crippen molar-refractivity contribution in [2.24, 2.45) is 0 Å². The summed E-state index contributed by atoms with van der Waals surface area (Å²) >= 11 is 7.24. The lowest BCUT2D eigenvalue weighted by molar-refractivity contribution is -0.00575. The van der Waals surface area contributed by atoms with Crippen LogP contribution in [0.2, 0.25) is 5.02 Å². The fraction of sp³-hybridized carbons (Fsp3) is 0.333. The summed E-state index contributed by atoms with van der Waals surface area (Å²) in [4.78, 5) is 16.5. The number of anilines is 1. The van der Waals surface area contributed by atoms with Crippen LogP contribution in [0.1, 0.15) is 18.2 Å². The van der Waals surface area contributed by atoms with E-state index in [2.05, 4.69) is 26.9 Å². The second kappa shape index (κ2) is 7.25. The van der Waals surface area contributed by atoms with Crippen LogP contribution in [0.4, 0.5) is 9.93 Å². The molecule has 1 atom stereocenters. The maximum atomic E-state index is 12.0. The molecule has 3 rings (SSSR count). The molecular formula is C18H19ClN4O2S. The van der Waals surface area contributed by atoms with E-state index >= 15 is 0 Å². The van der Waals surface area contributed by atoms with Gasteiger partial charge >= 0.3 is 6.03 Å². The number of terminal acetylenes is 1. The summed E-state index contributed by atoms with van der Waals surface area (Å²) in [5, 5.41) is 21.1. The van der Waals surface area contributed by atoms with E-state index in [-0.39, 0.29) is 6.54 Å². The molecule has 0 aliphatic carbocycles. The van der Waals surface area contributed by atoms with Gasteiger partial charge in [-0.1, -0.05) is 29.7 Å². The third-order valence-electron chi connectivity index (χ3n) is 4.43. The standard InChI is InChI=1S/C18H19ClN4O2S/c1-3-17(2,12-4-6-13(19)7-5-12)14-8-26-16(22-14)23-15(24)21-11-18(25)9-20-10-18/h1,4-8,20,25H,9-11H2,2H3,(H2,21,22,23,24). The van der Waals surface area contributed by atoms with E-state index < -0.39 is 17.0 Å². The Bertz CT molecular complexity index is 842. The maximum Gasteiger partial charge on any atom is 0.321 e. The lowest BCUT2D eigenvalue weighted by Crippen LogP contribution is -2.64. The van der Waals surface area contributed by atoms with E-state index in [1.165, 1.54) is 11.3 Å². The van der Waals surface area contributed by atoms with Gasteiger partial charge in [0, 0.05) is 23.5 Å². The van der Waals surface area contributed by atoms with Gasteiger partial charge in [-0.25, -0.2) is 9.78 Å². The fourth-order valence-electron chi connectivity index (χ4n) is 2.57. The third kappa shape index (κ3) is 3.84. The topological polar surface area (TPSA) is 86.3 Å². The van der Waals surface area contributed by atoms with E-state index in [0.717, 1.165) is 5.56 Å². The second-order valence-electron chi connectivity index (χ2n) is 6.45. The number of carbonyl (C=O) groups excluding carboxylic acids is 1. The number of halogens is 1. The molecule has 26 heavy (non-hydrogen) atoms. The Hall–Kier alpha value is -2.11. The summed E-state index contributed by atoms with van der Waals surface area (Å²) in [7, 11) is 0. The van der Waals surface area contributed by atoms with Gasteiger partial charge in [0.2, 0.25) is 0 Å². The lowest BCUT2D eigenvalue weighted by atomic mass is 9.81. The Morgan fingerprint density at radius 2 is 2.19 bits per heavy atom. The molecule has 0 radical (unpaired) electrons. The molecule has 2 heterocycles. The average Bonchev–Trinajstić information content (AvgIpc) is 3.07. The minimum Gasteiger partial charge on any atom is -0.385 e. The van der Waals surface area contributed by atoms with Crippen molar-refractivity contribution < 1.29 is 9.90 Å². The molecule has 0 saturated carbocycles. The first-order valence-electron chi connectivity index (χ1n) is 8.02. The lowest BCUT2D eigenvalue weighted by Gasteiger charge is -2.37. The van der Waals surface area contributed by atoms with Gasteiger partial charge in [0.25, 0.3) is 0 Å². The van der Waals surface area contributed by atoms with Gasteiger partial charge in [0.1, 0.15) is 5.60 Å². The van der Waals surface area contributed by atoms with Crippen LogP contribution in [-0.2, 0) is 5.41 Å². The summed E-state index contributed by atoms with van der Waals surface area (Å²) in [6.45, 7) is 3.01. The number of hydrogen-bond acceptors (Lipinski definition) is 5. The van der Waals surface area contributed by atoms with Crippen molar-refractivity contribution in [2.45, 2.75) is 17.9 Å². The predicted molar refractivity (Wildman–Crippen MR) is 104 cm³/mol. The molecule has 6 nitrogen and oxygen atoms in total. The van der Waals surface area contributed by atoms with Gasteiger partial charge in [-0.15, -0.1) is 17.8 Å². The van der Waals surface area contributed by atoms with Crippen LogP contribution in [0, 0.1) is 12.3 Å². The zero-order valence-electron chi connectivity index (χ0n) is 14.2. The third-order valence-corrected chi connectivity index (χ3v) is 5.44. The number of nitrogens with zero attached hydrogens (tertiary/aromatic N) is 1. The normalized spacial score (nSPS) is 17.5. The van der Waals surface area contributed by atoms with Crippen molar-refractivity contribution in [3.05, 3.63) is 45.9 Å². The van der Waals surface area contributed by atoms with Crippen LogP contribution in [0.3, 0.4) is 0 Å². The van der Waals surface area contributed by atoms with Crippen LogP contribution in [-0.4, -0.2) is 41.4 Å². The van der Waals surface area contributed by atoms with E-state index in [9.17, 15) is 9.90 Å². The number of aromatic nitrogens is 1. The van der Waals surface area contributed by atoms with Crippen molar-refractivity contribution in [1.29, 1.82) is 0 Å². The smallest absolute Gasteiger partial charge is 0.321 e. The Morgan fingerprint density at radius 1 is 1.50 bits per heavy atom. The molecule has 136 valence electrons. The monoisotopic (exact) mass is 390 g/mol. The second-order valence-corrected chi connectivity index (χ2v) is 7.74. The van der Waals surface area contributed by atoms with Crippen molar-refractivity contribution in [2.75, 3.05) is 25.0 Å². The molecule has 1 aromatic heterocycles. The predicted octanol–water partition coefficient (Wildman–Crippen LogP) is 2.19. The highest BCUT2D eigenvalue weighted by Crippen LogP contribution is 2.33. The minimum absolute atomic E-state index is 0.177. The van der Waals surface area contributed by atoms with E-state index in [0.29, 0.717) is 28.9 Å². The van der Waals surface area contributed by atoms with Gasteiger partial charge in [-0.3, -0.25) is 5.32 Å². The Kier molecular flexibility index (Phi) is 5.21. The number of aliphatic hydroxyl groups is 1. The first-order chi connectivity index (χ1) is 12.3. The van der Waals surface area contributed by atoms with Gasteiger partial charge < -0.3 is 15.7 Å². The molecular weight excluding hydrogens is 372 g/mol. The molecule has 8 heteroatoms. The maximum absolute atomic E-state index is 12.0. The summed E-state index contributed by atoms with van der Waals surface area (Å²) in [5.74, 6) is 2.79. The number of β-amino-alcohol motifs (C(OH)–C–C–N with tert-alkyl or cyclic N) is 1. The highest BCUT2D eigenvalue weighted by Gasteiger charge is 2.34.